The van der Waals surface area contributed by atoms with Gasteiger partial charge in [-0.2, -0.15) is 0 Å². The predicted octanol–water partition coefficient (Wildman–Crippen LogP) is 15.3. The second kappa shape index (κ2) is 11.8. The first-order chi connectivity index (χ1) is 28.8. The van der Waals surface area contributed by atoms with Gasteiger partial charge in [0.15, 0.2) is 0 Å². The van der Waals surface area contributed by atoms with Crippen LogP contribution in [0.15, 0.2) is 211 Å². The van der Waals surface area contributed by atoms with Crippen molar-refractivity contribution >= 4 is 65.0 Å². The average Bonchev–Trinajstić information content (AvgIpc) is 3.82. The Hall–Kier alpha value is -7.48. The van der Waals surface area contributed by atoms with Crippen LogP contribution in [0.2, 0.25) is 0 Å². The predicted molar refractivity (Wildman–Crippen MR) is 243 cm³/mol. The zero-order chi connectivity index (χ0) is 38.0. The summed E-state index contributed by atoms with van der Waals surface area (Å²) in [5.74, 6) is 0. The van der Waals surface area contributed by atoms with E-state index in [0.717, 1.165) is 21.9 Å². The molecule has 1 aliphatic rings. The Morgan fingerprint density at radius 3 is 1.69 bits per heavy atom. The molecule has 13 rings (SSSR count). The fraction of sp³-hybridized carbons (Fsp3) is 0.0175. The second-order valence-corrected chi connectivity index (χ2v) is 15.9. The lowest BCUT2D eigenvalue weighted by Crippen LogP contribution is -2.29. The summed E-state index contributed by atoms with van der Waals surface area (Å²) in [6, 6.07) is 76.7. The van der Waals surface area contributed by atoms with Crippen molar-refractivity contribution in [2.75, 3.05) is 0 Å². The number of para-hydroxylation sites is 1. The second-order valence-electron chi connectivity index (χ2n) is 15.9. The lowest BCUT2D eigenvalue weighted by molar-refractivity contribution is 0.669. The third kappa shape index (κ3) is 4.20. The van der Waals surface area contributed by atoms with Gasteiger partial charge in [0.2, 0.25) is 0 Å². The Labute approximate surface area is 335 Å². The van der Waals surface area contributed by atoms with E-state index in [-0.39, 0.29) is 0 Å². The number of rotatable bonds is 4. The zero-order valence-corrected chi connectivity index (χ0v) is 31.5. The summed E-state index contributed by atoms with van der Waals surface area (Å²) in [6.45, 7) is 0. The van der Waals surface area contributed by atoms with Crippen LogP contribution in [0, 0.1) is 0 Å². The van der Waals surface area contributed by atoms with Gasteiger partial charge in [-0.3, -0.25) is 0 Å². The molecule has 1 heterocycles. The van der Waals surface area contributed by atoms with Gasteiger partial charge >= 0.3 is 0 Å². The fourth-order valence-electron chi connectivity index (χ4n) is 10.7. The third-order valence-electron chi connectivity index (χ3n) is 13.1. The number of hydrogen-bond donors (Lipinski definition) is 0. The van der Waals surface area contributed by atoms with Crippen LogP contribution >= 0.6 is 0 Å². The molecule has 0 bridgehead atoms. The maximum atomic E-state index is 6.25. The molecule has 1 nitrogen and oxygen atoms in total. The molecule has 11 aromatic carbocycles. The lowest BCUT2D eigenvalue weighted by Gasteiger charge is -2.35. The highest BCUT2D eigenvalue weighted by Crippen LogP contribution is 2.59. The molecule has 268 valence electrons. The van der Waals surface area contributed by atoms with Gasteiger partial charge in [-0.05, 0) is 123 Å². The van der Waals surface area contributed by atoms with Gasteiger partial charge in [0.05, 0.1) is 5.41 Å². The van der Waals surface area contributed by atoms with E-state index in [1.807, 2.05) is 6.07 Å². The minimum absolute atomic E-state index is 0.574. The molecule has 0 N–H and O–H groups in total. The van der Waals surface area contributed by atoms with Crippen molar-refractivity contribution in [2.24, 2.45) is 0 Å². The van der Waals surface area contributed by atoms with Crippen LogP contribution in [0.1, 0.15) is 22.3 Å². The van der Waals surface area contributed by atoms with Crippen molar-refractivity contribution < 1.29 is 4.42 Å². The highest BCUT2D eigenvalue weighted by Gasteiger charge is 2.47. The molecule has 0 atom stereocenters. The van der Waals surface area contributed by atoms with Crippen molar-refractivity contribution in [1.82, 2.24) is 0 Å². The van der Waals surface area contributed by atoms with Crippen LogP contribution < -0.4 is 0 Å². The van der Waals surface area contributed by atoms with E-state index < -0.39 is 5.41 Å². The quantitative estimate of drug-likeness (QED) is 0.164. The highest BCUT2D eigenvalue weighted by atomic mass is 16.3. The van der Waals surface area contributed by atoms with Gasteiger partial charge < -0.3 is 4.42 Å². The molecule has 1 aromatic heterocycles. The summed E-state index contributed by atoms with van der Waals surface area (Å²) in [4.78, 5) is 0. The largest absolute Gasteiger partial charge is 0.456 e. The van der Waals surface area contributed by atoms with Crippen LogP contribution in [-0.2, 0) is 5.41 Å². The molecule has 1 heteroatoms. The van der Waals surface area contributed by atoms with Crippen molar-refractivity contribution in [3.05, 3.63) is 229 Å². The molecule has 0 aliphatic heterocycles. The maximum Gasteiger partial charge on any atom is 0.135 e. The van der Waals surface area contributed by atoms with E-state index in [2.05, 4.69) is 200 Å². The van der Waals surface area contributed by atoms with E-state index in [9.17, 15) is 0 Å². The van der Waals surface area contributed by atoms with Crippen molar-refractivity contribution in [3.63, 3.8) is 0 Å². The maximum absolute atomic E-state index is 6.25. The summed E-state index contributed by atoms with van der Waals surface area (Å²) in [5.41, 5.74) is 13.9. The molecule has 0 radical (unpaired) electrons. The molecule has 12 aromatic rings. The first kappa shape index (κ1) is 31.7. The van der Waals surface area contributed by atoms with Crippen molar-refractivity contribution in [1.29, 1.82) is 0 Å². The lowest BCUT2D eigenvalue weighted by atomic mass is 9.66. The molecule has 0 unspecified atom stereocenters. The van der Waals surface area contributed by atoms with E-state index in [0.29, 0.717) is 0 Å². The van der Waals surface area contributed by atoms with Gasteiger partial charge in [0, 0.05) is 10.8 Å². The van der Waals surface area contributed by atoms with E-state index in [4.69, 9.17) is 4.42 Å². The third-order valence-corrected chi connectivity index (χ3v) is 13.1. The Morgan fingerprint density at radius 2 is 0.879 bits per heavy atom. The average molecular weight is 735 g/mol. The summed E-state index contributed by atoms with van der Waals surface area (Å²) < 4.78 is 6.25. The normalized spacial score (nSPS) is 13.3. The topological polar surface area (TPSA) is 13.1 Å². The van der Waals surface area contributed by atoms with Gasteiger partial charge in [-0.15, -0.1) is 0 Å². The number of fused-ring (bicyclic) bond motifs is 8. The Balaban J connectivity index is 1.10. The first-order valence-electron chi connectivity index (χ1n) is 20.2. The van der Waals surface area contributed by atoms with Gasteiger partial charge in [-0.25, -0.2) is 0 Å². The summed E-state index contributed by atoms with van der Waals surface area (Å²) in [5, 5.41) is 12.6. The van der Waals surface area contributed by atoms with Gasteiger partial charge in [-0.1, -0.05) is 182 Å². The number of benzene rings is 11. The Bertz CT molecular complexity index is 3550. The minimum Gasteiger partial charge on any atom is -0.456 e. The Morgan fingerprint density at radius 1 is 0.310 bits per heavy atom. The molecule has 0 saturated heterocycles. The number of hydrogen-bond acceptors (Lipinski definition) is 1. The minimum atomic E-state index is -0.574. The van der Waals surface area contributed by atoms with Crippen LogP contribution in [0.25, 0.3) is 98.4 Å². The standard InChI is InChI=1S/C57H34O/c1-3-13-40(14-4-1)57(41-15-5-2-6-16-41)51-34-39(43-27-23-37-22-21-35-11-9-12-36-24-29-47(43)55(37)54(35)36)25-28-45(51)49-31-30-44-42(18-10-19-48(44)56(49)57)38-26-32-53-50(33-38)46-17-7-8-20-52(46)58-53/h1-34H. The van der Waals surface area contributed by atoms with Crippen LogP contribution in [0.3, 0.4) is 0 Å². The summed E-state index contributed by atoms with van der Waals surface area (Å²) in [6.07, 6.45) is 0. The van der Waals surface area contributed by atoms with Crippen LogP contribution in [-0.4, -0.2) is 0 Å². The zero-order valence-electron chi connectivity index (χ0n) is 31.5. The molecule has 1 aliphatic carbocycles. The van der Waals surface area contributed by atoms with E-state index in [1.54, 1.807) is 0 Å². The van der Waals surface area contributed by atoms with E-state index in [1.165, 1.54) is 98.7 Å². The molecule has 0 fully saturated rings. The molecular weight excluding hydrogens is 701 g/mol. The summed E-state index contributed by atoms with van der Waals surface area (Å²) in [7, 11) is 0. The van der Waals surface area contributed by atoms with Crippen molar-refractivity contribution in [3.8, 4) is 33.4 Å². The summed E-state index contributed by atoms with van der Waals surface area (Å²) >= 11 is 0. The highest BCUT2D eigenvalue weighted by molar-refractivity contribution is 6.25. The van der Waals surface area contributed by atoms with E-state index >= 15 is 0 Å². The molecule has 0 saturated carbocycles. The van der Waals surface area contributed by atoms with Crippen LogP contribution in [0.4, 0.5) is 0 Å². The molecule has 0 amide bonds. The Kier molecular flexibility index (Phi) is 6.43. The fourth-order valence-corrected chi connectivity index (χ4v) is 10.7. The monoisotopic (exact) mass is 734 g/mol. The smallest absolute Gasteiger partial charge is 0.135 e. The molecular formula is C57H34O. The first-order valence-corrected chi connectivity index (χ1v) is 20.2. The van der Waals surface area contributed by atoms with Crippen LogP contribution in [0.5, 0.6) is 0 Å². The number of furan rings is 1. The molecule has 58 heavy (non-hydrogen) atoms. The SMILES string of the molecule is c1ccc(C2(c3ccccc3)c3cc(-c4ccc5ccc6cccc7ccc4c5c67)ccc3-c3ccc4c(-c5ccc6oc7ccccc7c6c5)cccc4c32)cc1. The van der Waals surface area contributed by atoms with Gasteiger partial charge in [0.1, 0.15) is 11.2 Å². The molecule has 0 spiro atoms. The van der Waals surface area contributed by atoms with Gasteiger partial charge in [0.25, 0.3) is 0 Å². The van der Waals surface area contributed by atoms with Crippen molar-refractivity contribution in [2.45, 2.75) is 5.41 Å².